The largest absolute Gasteiger partial charge is 0.497 e. The van der Waals surface area contributed by atoms with E-state index in [2.05, 4.69) is 0 Å². The van der Waals surface area contributed by atoms with Gasteiger partial charge in [-0.3, -0.25) is 9.59 Å². The first kappa shape index (κ1) is 19.9. The Labute approximate surface area is 181 Å². The quantitative estimate of drug-likeness (QED) is 0.684. The standard InChI is InChI=1S/C23H26ClNO5/c1-28-15-5-2-4-13(10-15)20-19-21(26)17-11-14(24)7-8-18(17)30-22(19)23(27)25(20)12-16-6-3-9-29-16/h2,4-5,10,14,16-18,20H,3,6-9,11-12H2,1H3. The number of hydrogen-bond acceptors (Lipinski definition) is 5. The zero-order valence-electron chi connectivity index (χ0n) is 17.0. The van der Waals surface area contributed by atoms with Gasteiger partial charge in [0.25, 0.3) is 5.91 Å². The summed E-state index contributed by atoms with van der Waals surface area (Å²) in [6.07, 6.45) is 3.70. The van der Waals surface area contributed by atoms with Crippen LogP contribution in [-0.2, 0) is 19.1 Å². The number of methoxy groups -OCH3 is 1. The first-order valence-electron chi connectivity index (χ1n) is 10.7. The van der Waals surface area contributed by atoms with E-state index in [9.17, 15) is 9.59 Å². The minimum Gasteiger partial charge on any atom is -0.497 e. The monoisotopic (exact) mass is 431 g/mol. The van der Waals surface area contributed by atoms with Crippen LogP contribution in [0.1, 0.15) is 43.7 Å². The Morgan fingerprint density at radius 1 is 1.23 bits per heavy atom. The van der Waals surface area contributed by atoms with Crippen LogP contribution in [0.2, 0.25) is 0 Å². The molecule has 0 bridgehead atoms. The Hall–Kier alpha value is -2.05. The summed E-state index contributed by atoms with van der Waals surface area (Å²) < 4.78 is 17.4. The molecule has 160 valence electrons. The van der Waals surface area contributed by atoms with E-state index in [1.807, 2.05) is 24.3 Å². The summed E-state index contributed by atoms with van der Waals surface area (Å²) in [6, 6.07) is 7.07. The smallest absolute Gasteiger partial charge is 0.290 e. The molecule has 30 heavy (non-hydrogen) atoms. The minimum absolute atomic E-state index is 0.00242. The highest BCUT2D eigenvalue weighted by molar-refractivity contribution is 6.21. The number of carbonyl (C=O) groups is 2. The summed E-state index contributed by atoms with van der Waals surface area (Å²) in [7, 11) is 1.61. The summed E-state index contributed by atoms with van der Waals surface area (Å²) in [5.74, 6) is 0.408. The molecule has 1 aliphatic carbocycles. The summed E-state index contributed by atoms with van der Waals surface area (Å²) in [4.78, 5) is 28.8. The van der Waals surface area contributed by atoms with Crippen LogP contribution in [0.3, 0.4) is 0 Å². The molecule has 7 heteroatoms. The molecule has 5 unspecified atom stereocenters. The fourth-order valence-corrected chi connectivity index (χ4v) is 5.54. The van der Waals surface area contributed by atoms with Gasteiger partial charge in [0.15, 0.2) is 11.5 Å². The van der Waals surface area contributed by atoms with Gasteiger partial charge >= 0.3 is 0 Å². The number of ether oxygens (including phenoxy) is 3. The number of fused-ring (bicyclic) bond motifs is 1. The molecule has 1 aromatic carbocycles. The van der Waals surface area contributed by atoms with Crippen LogP contribution >= 0.6 is 11.6 Å². The number of carbonyl (C=O) groups excluding carboxylic acids is 2. The van der Waals surface area contributed by atoms with E-state index in [4.69, 9.17) is 25.8 Å². The molecule has 1 saturated carbocycles. The number of rotatable bonds is 4. The van der Waals surface area contributed by atoms with Crippen molar-refractivity contribution in [1.82, 2.24) is 4.90 Å². The van der Waals surface area contributed by atoms with Crippen LogP contribution in [-0.4, -0.2) is 54.4 Å². The lowest BCUT2D eigenvalue weighted by molar-refractivity contribution is -0.136. The van der Waals surface area contributed by atoms with Crippen LogP contribution in [0.5, 0.6) is 5.75 Å². The fraction of sp³-hybridized carbons (Fsp3) is 0.565. The van der Waals surface area contributed by atoms with Gasteiger partial charge in [0, 0.05) is 18.5 Å². The Balaban J connectivity index is 1.55. The lowest BCUT2D eigenvalue weighted by atomic mass is 9.77. The first-order chi connectivity index (χ1) is 14.6. The number of hydrogen-bond donors (Lipinski definition) is 0. The number of benzene rings is 1. The maximum Gasteiger partial charge on any atom is 0.290 e. The molecule has 5 rings (SSSR count). The topological polar surface area (TPSA) is 65.1 Å². The van der Waals surface area contributed by atoms with E-state index in [1.54, 1.807) is 12.0 Å². The summed E-state index contributed by atoms with van der Waals surface area (Å²) >= 11 is 6.37. The fourth-order valence-electron chi connectivity index (χ4n) is 5.22. The van der Waals surface area contributed by atoms with E-state index < -0.39 is 6.04 Å². The third-order valence-electron chi connectivity index (χ3n) is 6.71. The number of ketones is 1. The Morgan fingerprint density at radius 2 is 2.10 bits per heavy atom. The van der Waals surface area contributed by atoms with E-state index in [1.165, 1.54) is 0 Å². The maximum absolute atomic E-state index is 13.6. The molecule has 0 spiro atoms. The van der Waals surface area contributed by atoms with Crippen LogP contribution in [0.15, 0.2) is 35.6 Å². The Morgan fingerprint density at radius 3 is 2.87 bits per heavy atom. The van der Waals surface area contributed by atoms with Crippen molar-refractivity contribution in [1.29, 1.82) is 0 Å². The normalized spacial score (nSPS) is 33.4. The number of alkyl halides is 1. The van der Waals surface area contributed by atoms with Gasteiger partial charge in [-0.15, -0.1) is 11.6 Å². The van der Waals surface area contributed by atoms with Crippen molar-refractivity contribution in [3.05, 3.63) is 41.2 Å². The zero-order chi connectivity index (χ0) is 20.8. The molecule has 1 amide bonds. The molecule has 1 saturated heterocycles. The van der Waals surface area contributed by atoms with Crippen molar-refractivity contribution in [3.8, 4) is 5.75 Å². The van der Waals surface area contributed by atoms with Crippen molar-refractivity contribution >= 4 is 23.3 Å². The summed E-state index contributed by atoms with van der Waals surface area (Å²) in [6.45, 7) is 1.15. The number of amides is 1. The summed E-state index contributed by atoms with van der Waals surface area (Å²) in [5, 5.41) is -0.0312. The molecule has 4 aliphatic rings. The molecule has 0 N–H and O–H groups in total. The third-order valence-corrected chi connectivity index (χ3v) is 7.11. The number of nitrogens with zero attached hydrogens (tertiary/aromatic N) is 1. The van der Waals surface area contributed by atoms with E-state index >= 15 is 0 Å². The highest BCUT2D eigenvalue weighted by Gasteiger charge is 2.53. The number of Topliss-reactive ketones (excluding diaryl/α,β-unsaturated/α-hetero) is 1. The Bertz CT molecular complexity index is 893. The highest BCUT2D eigenvalue weighted by Crippen LogP contribution is 2.47. The Kier molecular flexibility index (Phi) is 5.23. The molecular formula is C23H26ClNO5. The molecule has 5 atom stereocenters. The SMILES string of the molecule is COc1cccc(C2C3=C(OC4CCC(Cl)CC4C3=O)C(=O)N2CC2CCCO2)c1. The van der Waals surface area contributed by atoms with Crippen molar-refractivity contribution in [2.24, 2.45) is 5.92 Å². The molecule has 2 fully saturated rings. The van der Waals surface area contributed by atoms with Crippen molar-refractivity contribution in [2.45, 2.75) is 55.7 Å². The first-order valence-corrected chi connectivity index (χ1v) is 11.2. The minimum atomic E-state index is -0.490. The van der Waals surface area contributed by atoms with Crippen LogP contribution in [0.4, 0.5) is 0 Å². The zero-order valence-corrected chi connectivity index (χ0v) is 17.8. The van der Waals surface area contributed by atoms with Crippen molar-refractivity contribution < 1.29 is 23.8 Å². The molecule has 3 aliphatic heterocycles. The van der Waals surface area contributed by atoms with Gasteiger partial charge in [0.05, 0.1) is 30.7 Å². The molecule has 0 radical (unpaired) electrons. The maximum atomic E-state index is 13.6. The molecule has 6 nitrogen and oxygen atoms in total. The molecular weight excluding hydrogens is 406 g/mol. The van der Waals surface area contributed by atoms with Crippen LogP contribution in [0, 0.1) is 5.92 Å². The second kappa shape index (κ2) is 7.89. The van der Waals surface area contributed by atoms with Crippen molar-refractivity contribution in [2.75, 3.05) is 20.3 Å². The lowest BCUT2D eigenvalue weighted by Gasteiger charge is -2.37. The van der Waals surface area contributed by atoms with Gasteiger partial charge < -0.3 is 19.1 Å². The summed E-state index contributed by atoms with van der Waals surface area (Å²) in [5.41, 5.74) is 1.32. The van der Waals surface area contributed by atoms with Crippen LogP contribution < -0.4 is 4.74 Å². The van der Waals surface area contributed by atoms with Gasteiger partial charge in [0.1, 0.15) is 11.9 Å². The predicted octanol–water partition coefficient (Wildman–Crippen LogP) is 3.39. The predicted molar refractivity (Wildman–Crippen MR) is 110 cm³/mol. The van der Waals surface area contributed by atoms with Gasteiger partial charge in [-0.2, -0.15) is 0 Å². The van der Waals surface area contributed by atoms with E-state index in [0.29, 0.717) is 37.3 Å². The third kappa shape index (κ3) is 3.30. The van der Waals surface area contributed by atoms with Crippen molar-refractivity contribution in [3.63, 3.8) is 0 Å². The second-order valence-corrected chi connectivity index (χ2v) is 9.17. The van der Waals surface area contributed by atoms with Gasteiger partial charge in [-0.25, -0.2) is 0 Å². The molecule has 1 aromatic rings. The molecule has 3 heterocycles. The lowest BCUT2D eigenvalue weighted by Crippen LogP contribution is -2.41. The average molecular weight is 432 g/mol. The average Bonchev–Trinajstić information content (AvgIpc) is 3.36. The van der Waals surface area contributed by atoms with E-state index in [0.717, 1.165) is 24.8 Å². The second-order valence-electron chi connectivity index (χ2n) is 8.55. The van der Waals surface area contributed by atoms with Gasteiger partial charge in [0.2, 0.25) is 0 Å². The van der Waals surface area contributed by atoms with Gasteiger partial charge in [-0.1, -0.05) is 12.1 Å². The molecule has 0 aromatic heterocycles. The van der Waals surface area contributed by atoms with E-state index in [-0.39, 0.29) is 41.0 Å². The van der Waals surface area contributed by atoms with Crippen LogP contribution in [0.25, 0.3) is 0 Å². The highest BCUT2D eigenvalue weighted by atomic mass is 35.5. The number of halogens is 1. The van der Waals surface area contributed by atoms with Gasteiger partial charge in [-0.05, 0) is 49.8 Å².